The lowest BCUT2D eigenvalue weighted by Gasteiger charge is -2.26. The molecule has 0 aliphatic heterocycles. The Balaban J connectivity index is 1.38. The van der Waals surface area contributed by atoms with E-state index in [1.807, 2.05) is 24.0 Å². The third kappa shape index (κ3) is 4.36. The average molecular weight is 459 g/mol. The first-order valence-corrected chi connectivity index (χ1v) is 12.2. The summed E-state index contributed by atoms with van der Waals surface area (Å²) in [6, 6.07) is 12.9. The zero-order valence-electron chi connectivity index (χ0n) is 20.6. The second-order valence-corrected chi connectivity index (χ2v) is 11.3. The molecule has 2 aliphatic rings. The van der Waals surface area contributed by atoms with E-state index in [9.17, 15) is 9.90 Å². The monoisotopic (exact) mass is 458 g/mol. The lowest BCUT2D eigenvalue weighted by atomic mass is 9.78. The third-order valence-electron chi connectivity index (χ3n) is 7.37. The summed E-state index contributed by atoms with van der Waals surface area (Å²) in [5.41, 5.74) is 7.25. The molecule has 0 amide bonds. The third-order valence-corrected chi connectivity index (χ3v) is 7.37. The smallest absolute Gasteiger partial charge is 0.307 e. The molecule has 3 aromatic rings. The molecule has 1 aromatic heterocycles. The number of hydrogen-bond acceptors (Lipinski definition) is 3. The summed E-state index contributed by atoms with van der Waals surface area (Å²) < 4.78 is 8.08. The number of benzene rings is 2. The van der Waals surface area contributed by atoms with Gasteiger partial charge in [0.25, 0.3) is 0 Å². The van der Waals surface area contributed by atoms with Crippen molar-refractivity contribution in [1.82, 2.24) is 9.78 Å². The highest BCUT2D eigenvalue weighted by Crippen LogP contribution is 2.60. The Labute approximate surface area is 201 Å². The summed E-state index contributed by atoms with van der Waals surface area (Å²) in [4.78, 5) is 11.7. The van der Waals surface area contributed by atoms with Crippen molar-refractivity contribution in [2.75, 3.05) is 0 Å². The topological polar surface area (TPSA) is 64.3 Å². The highest BCUT2D eigenvalue weighted by Gasteiger charge is 2.60. The molecule has 1 N–H and O–H groups in total. The largest absolute Gasteiger partial charge is 0.489 e. The van der Waals surface area contributed by atoms with E-state index in [-0.39, 0.29) is 16.7 Å². The Morgan fingerprint density at radius 3 is 2.74 bits per heavy atom. The molecule has 1 heterocycles. The van der Waals surface area contributed by atoms with Gasteiger partial charge in [-0.25, -0.2) is 0 Å². The van der Waals surface area contributed by atoms with Crippen molar-refractivity contribution in [3.05, 3.63) is 71.0 Å². The maximum atomic E-state index is 11.7. The second-order valence-electron chi connectivity index (χ2n) is 11.3. The number of fused-ring (bicyclic) bond motifs is 2. The van der Waals surface area contributed by atoms with Gasteiger partial charge in [-0.15, -0.1) is 0 Å². The van der Waals surface area contributed by atoms with Crippen molar-refractivity contribution < 1.29 is 14.6 Å². The molecule has 0 saturated heterocycles. The Bertz CT molecular complexity index is 1240. The molecule has 34 heavy (non-hydrogen) atoms. The number of aromatic nitrogens is 2. The number of carboxylic acid groups (broad SMARTS) is 1. The minimum absolute atomic E-state index is 0.161. The van der Waals surface area contributed by atoms with E-state index in [1.54, 1.807) is 0 Å². The summed E-state index contributed by atoms with van der Waals surface area (Å²) in [5.74, 6) is -0.0918. The number of carbonyl (C=O) groups is 1. The molecule has 2 aliphatic carbocycles. The van der Waals surface area contributed by atoms with Crippen LogP contribution in [0.4, 0.5) is 0 Å². The lowest BCUT2D eigenvalue weighted by Crippen LogP contribution is -2.21. The van der Waals surface area contributed by atoms with Crippen molar-refractivity contribution in [2.24, 2.45) is 18.4 Å². The van der Waals surface area contributed by atoms with Gasteiger partial charge in [0, 0.05) is 24.2 Å². The van der Waals surface area contributed by atoms with Crippen molar-refractivity contribution >= 4 is 5.97 Å². The van der Waals surface area contributed by atoms with Gasteiger partial charge in [0.1, 0.15) is 12.4 Å². The number of carboxylic acids is 1. The fourth-order valence-electron chi connectivity index (χ4n) is 5.72. The molecule has 0 radical (unpaired) electrons. The predicted octanol–water partition coefficient (Wildman–Crippen LogP) is 5.93. The Morgan fingerprint density at radius 2 is 2.06 bits per heavy atom. The molecule has 1 fully saturated rings. The second kappa shape index (κ2) is 8.30. The van der Waals surface area contributed by atoms with Gasteiger partial charge in [-0.2, -0.15) is 5.10 Å². The van der Waals surface area contributed by atoms with Crippen LogP contribution in [-0.2, 0) is 36.7 Å². The average Bonchev–Trinajstić information content (AvgIpc) is 3.34. The summed E-state index contributed by atoms with van der Waals surface area (Å²) in [6.07, 6.45) is 8.75. The van der Waals surface area contributed by atoms with Crippen LogP contribution in [-0.4, -0.2) is 20.9 Å². The van der Waals surface area contributed by atoms with Crippen LogP contribution in [0.3, 0.4) is 0 Å². The molecule has 178 valence electrons. The SMILES string of the molecule is Cn1cc(-c2ccc(COc3ccc4c(c3)C3(CCC4)CC3C(=O)O)cc2CC(C)(C)C)cn1. The number of aryl methyl sites for hydroxylation is 2. The van der Waals surface area contributed by atoms with Gasteiger partial charge in [0.2, 0.25) is 0 Å². The van der Waals surface area contributed by atoms with Crippen LogP contribution in [0, 0.1) is 11.3 Å². The zero-order chi connectivity index (χ0) is 24.1. The highest BCUT2D eigenvalue weighted by atomic mass is 16.5. The van der Waals surface area contributed by atoms with E-state index in [2.05, 4.69) is 62.4 Å². The highest BCUT2D eigenvalue weighted by molar-refractivity contribution is 5.78. The number of nitrogens with zero attached hydrogens (tertiary/aromatic N) is 2. The quantitative estimate of drug-likeness (QED) is 0.497. The van der Waals surface area contributed by atoms with E-state index in [1.165, 1.54) is 22.3 Å². The number of rotatable bonds is 6. The van der Waals surface area contributed by atoms with Gasteiger partial charge in [0.15, 0.2) is 0 Å². The van der Waals surface area contributed by atoms with Crippen LogP contribution in [0.15, 0.2) is 48.8 Å². The van der Waals surface area contributed by atoms with E-state index in [0.717, 1.165) is 49.0 Å². The van der Waals surface area contributed by atoms with Gasteiger partial charge in [-0.1, -0.05) is 45.0 Å². The summed E-state index contributed by atoms with van der Waals surface area (Å²) >= 11 is 0. The molecule has 0 bridgehead atoms. The van der Waals surface area contributed by atoms with E-state index >= 15 is 0 Å². The first-order valence-electron chi connectivity index (χ1n) is 12.2. The number of ether oxygens (including phenoxy) is 1. The van der Waals surface area contributed by atoms with Crippen LogP contribution >= 0.6 is 0 Å². The van der Waals surface area contributed by atoms with Crippen LogP contribution in [0.1, 0.15) is 62.3 Å². The van der Waals surface area contributed by atoms with Gasteiger partial charge in [0.05, 0.1) is 12.1 Å². The van der Waals surface area contributed by atoms with Gasteiger partial charge < -0.3 is 9.84 Å². The van der Waals surface area contributed by atoms with Gasteiger partial charge in [-0.3, -0.25) is 9.48 Å². The summed E-state index contributed by atoms with van der Waals surface area (Å²) in [7, 11) is 1.94. The van der Waals surface area contributed by atoms with Crippen molar-refractivity contribution in [2.45, 2.75) is 64.9 Å². The molecule has 5 heteroatoms. The summed E-state index contributed by atoms with van der Waals surface area (Å²) in [6.45, 7) is 7.26. The van der Waals surface area contributed by atoms with Gasteiger partial charge in [-0.05, 0) is 77.5 Å². The molecule has 5 nitrogen and oxygen atoms in total. The molecule has 2 aromatic carbocycles. The molecular weight excluding hydrogens is 424 g/mol. The first kappa shape index (κ1) is 22.7. The minimum atomic E-state index is -0.667. The standard InChI is InChI=1S/C29H34N2O3/c1-28(2,3)14-21-12-19(7-10-24(21)22-16-30-31(4)17-22)18-34-23-9-8-20-6-5-11-29(25(20)13-23)15-26(29)27(32)33/h7-10,12-13,16-17,26H,5-6,11,14-15,18H2,1-4H3,(H,32,33). The molecule has 2 atom stereocenters. The fourth-order valence-corrected chi connectivity index (χ4v) is 5.72. The predicted molar refractivity (Wildman–Crippen MR) is 133 cm³/mol. The van der Waals surface area contributed by atoms with Crippen LogP contribution < -0.4 is 4.74 Å². The van der Waals surface area contributed by atoms with Crippen molar-refractivity contribution in [3.8, 4) is 16.9 Å². The minimum Gasteiger partial charge on any atom is -0.489 e. The van der Waals surface area contributed by atoms with Crippen LogP contribution in [0.5, 0.6) is 5.75 Å². The molecule has 1 spiro atoms. The zero-order valence-corrected chi connectivity index (χ0v) is 20.6. The maximum absolute atomic E-state index is 11.7. The fraction of sp³-hybridized carbons (Fsp3) is 0.448. The Hall–Kier alpha value is -3.08. The Morgan fingerprint density at radius 1 is 1.24 bits per heavy atom. The Kier molecular flexibility index (Phi) is 5.54. The first-order chi connectivity index (χ1) is 16.1. The molecular formula is C29H34N2O3. The number of hydrogen-bond donors (Lipinski definition) is 1. The maximum Gasteiger partial charge on any atom is 0.307 e. The normalized spacial score (nSPS) is 21.4. The molecule has 1 saturated carbocycles. The van der Waals surface area contributed by atoms with Crippen LogP contribution in [0.2, 0.25) is 0 Å². The molecule has 2 unspecified atom stereocenters. The van der Waals surface area contributed by atoms with Gasteiger partial charge >= 0.3 is 5.97 Å². The number of aliphatic carboxylic acids is 1. The van der Waals surface area contributed by atoms with Crippen molar-refractivity contribution in [3.63, 3.8) is 0 Å². The van der Waals surface area contributed by atoms with Crippen LogP contribution in [0.25, 0.3) is 11.1 Å². The summed E-state index contributed by atoms with van der Waals surface area (Å²) in [5, 5.41) is 13.9. The van der Waals surface area contributed by atoms with E-state index in [4.69, 9.17) is 4.74 Å². The lowest BCUT2D eigenvalue weighted by molar-refractivity contribution is -0.139. The van der Waals surface area contributed by atoms with Crippen molar-refractivity contribution in [1.29, 1.82) is 0 Å². The van der Waals surface area contributed by atoms with E-state index in [0.29, 0.717) is 6.61 Å². The van der Waals surface area contributed by atoms with E-state index < -0.39 is 5.97 Å². The molecule has 5 rings (SSSR count).